The average Bonchev–Trinajstić information content (AvgIpc) is 2.75. The number of carbonyl (C=O) groups excluding carboxylic acids is 2. The SMILES string of the molecule is CC(=O)c1cccc(NC(=O)N2CCC[C@@](CO)(CCCc3ccccc3)C2)c1. The molecule has 2 aromatic carbocycles. The van der Waals surface area contributed by atoms with Crippen molar-refractivity contribution in [2.75, 3.05) is 25.0 Å². The quantitative estimate of drug-likeness (QED) is 0.679. The van der Waals surface area contributed by atoms with E-state index in [-0.39, 0.29) is 23.8 Å². The maximum absolute atomic E-state index is 12.8. The summed E-state index contributed by atoms with van der Waals surface area (Å²) >= 11 is 0. The summed E-state index contributed by atoms with van der Waals surface area (Å²) in [7, 11) is 0. The molecule has 1 aliphatic rings. The standard InChI is InChI=1S/C24H30N2O3/c1-19(28)21-11-5-12-22(16-21)25-23(29)26-15-7-14-24(17-26,18-27)13-6-10-20-8-3-2-4-9-20/h2-5,8-9,11-12,16,27H,6-7,10,13-15,17-18H2,1H3,(H,25,29)/t24-/m0/s1. The predicted molar refractivity (Wildman–Crippen MR) is 115 cm³/mol. The van der Waals surface area contributed by atoms with E-state index in [4.69, 9.17) is 0 Å². The van der Waals surface area contributed by atoms with Gasteiger partial charge in [-0.1, -0.05) is 42.5 Å². The molecular weight excluding hydrogens is 364 g/mol. The highest BCUT2D eigenvalue weighted by Gasteiger charge is 2.36. The summed E-state index contributed by atoms with van der Waals surface area (Å²) in [5.74, 6) is -0.0308. The van der Waals surface area contributed by atoms with E-state index in [1.165, 1.54) is 12.5 Å². The molecule has 1 atom stereocenters. The van der Waals surface area contributed by atoms with Crippen LogP contribution in [-0.4, -0.2) is 41.5 Å². The van der Waals surface area contributed by atoms with Gasteiger partial charge in [0, 0.05) is 29.8 Å². The topological polar surface area (TPSA) is 69.6 Å². The summed E-state index contributed by atoms with van der Waals surface area (Å²) in [5, 5.41) is 13.0. The highest BCUT2D eigenvalue weighted by atomic mass is 16.3. The minimum Gasteiger partial charge on any atom is -0.396 e. The molecule has 1 aliphatic heterocycles. The molecule has 2 amide bonds. The van der Waals surface area contributed by atoms with Crippen molar-refractivity contribution in [3.8, 4) is 0 Å². The van der Waals surface area contributed by atoms with Gasteiger partial charge in [0.05, 0.1) is 6.61 Å². The summed E-state index contributed by atoms with van der Waals surface area (Å²) in [6, 6.07) is 17.2. The van der Waals surface area contributed by atoms with Crippen molar-refractivity contribution in [2.24, 2.45) is 5.41 Å². The van der Waals surface area contributed by atoms with E-state index >= 15 is 0 Å². The minimum absolute atomic E-state index is 0.0308. The number of amides is 2. The first-order valence-corrected chi connectivity index (χ1v) is 10.3. The summed E-state index contributed by atoms with van der Waals surface area (Å²) in [6.07, 6.45) is 4.67. The predicted octanol–water partition coefficient (Wildman–Crippen LogP) is 4.52. The van der Waals surface area contributed by atoms with Crippen LogP contribution in [0.1, 0.15) is 48.5 Å². The van der Waals surface area contributed by atoms with Crippen molar-refractivity contribution in [3.05, 3.63) is 65.7 Å². The van der Waals surface area contributed by atoms with E-state index in [0.717, 1.165) is 32.1 Å². The Balaban J connectivity index is 1.59. The molecule has 1 saturated heterocycles. The average molecular weight is 395 g/mol. The van der Waals surface area contributed by atoms with Gasteiger partial charge in [-0.15, -0.1) is 0 Å². The lowest BCUT2D eigenvalue weighted by atomic mass is 9.76. The summed E-state index contributed by atoms with van der Waals surface area (Å²) < 4.78 is 0. The number of Topliss-reactive ketones (excluding diaryl/α,β-unsaturated/α-hetero) is 1. The number of carbonyl (C=O) groups is 2. The van der Waals surface area contributed by atoms with Crippen LogP contribution in [0.15, 0.2) is 54.6 Å². The van der Waals surface area contributed by atoms with Crippen LogP contribution in [0.3, 0.4) is 0 Å². The van der Waals surface area contributed by atoms with Gasteiger partial charge >= 0.3 is 6.03 Å². The Morgan fingerprint density at radius 2 is 1.93 bits per heavy atom. The monoisotopic (exact) mass is 394 g/mol. The van der Waals surface area contributed by atoms with Crippen molar-refractivity contribution >= 4 is 17.5 Å². The number of likely N-dealkylation sites (tertiary alicyclic amines) is 1. The van der Waals surface area contributed by atoms with Gasteiger partial charge in [-0.05, 0) is 56.7 Å². The zero-order valence-corrected chi connectivity index (χ0v) is 17.1. The van der Waals surface area contributed by atoms with Gasteiger partial charge in [0.1, 0.15) is 0 Å². The van der Waals surface area contributed by atoms with Crippen LogP contribution in [0.2, 0.25) is 0 Å². The Morgan fingerprint density at radius 1 is 1.14 bits per heavy atom. The van der Waals surface area contributed by atoms with Crippen molar-refractivity contribution < 1.29 is 14.7 Å². The molecule has 0 aromatic heterocycles. The Bertz CT molecular complexity index is 837. The first-order valence-electron chi connectivity index (χ1n) is 10.3. The Kier molecular flexibility index (Phi) is 7.04. The van der Waals surface area contributed by atoms with Gasteiger partial charge in [-0.25, -0.2) is 4.79 Å². The summed E-state index contributed by atoms with van der Waals surface area (Å²) in [4.78, 5) is 26.2. The van der Waals surface area contributed by atoms with Crippen molar-refractivity contribution in [1.29, 1.82) is 0 Å². The number of anilines is 1. The Hall–Kier alpha value is -2.66. The molecule has 1 heterocycles. The minimum atomic E-state index is -0.244. The fraction of sp³-hybridized carbons (Fsp3) is 0.417. The number of benzene rings is 2. The van der Waals surface area contributed by atoms with Gasteiger partial charge in [0.2, 0.25) is 0 Å². The van der Waals surface area contributed by atoms with Crippen LogP contribution in [0, 0.1) is 5.41 Å². The van der Waals surface area contributed by atoms with Gasteiger partial charge in [0.25, 0.3) is 0 Å². The fourth-order valence-corrected chi connectivity index (χ4v) is 4.12. The second-order valence-corrected chi connectivity index (χ2v) is 8.09. The van der Waals surface area contributed by atoms with Gasteiger partial charge < -0.3 is 15.3 Å². The van der Waals surface area contributed by atoms with Crippen LogP contribution in [0.25, 0.3) is 0 Å². The van der Waals surface area contributed by atoms with E-state index in [1.807, 2.05) is 18.2 Å². The molecular formula is C24H30N2O3. The Labute approximate surface area is 172 Å². The number of urea groups is 1. The molecule has 0 saturated carbocycles. The van der Waals surface area contributed by atoms with Gasteiger partial charge in [-0.2, -0.15) is 0 Å². The fourth-order valence-electron chi connectivity index (χ4n) is 4.12. The number of ketones is 1. The highest BCUT2D eigenvalue weighted by Crippen LogP contribution is 2.35. The highest BCUT2D eigenvalue weighted by molar-refractivity contribution is 5.96. The number of hydrogen-bond acceptors (Lipinski definition) is 3. The number of aliphatic hydroxyl groups is 1. The van der Waals surface area contributed by atoms with Gasteiger partial charge in [0.15, 0.2) is 5.78 Å². The van der Waals surface area contributed by atoms with Crippen molar-refractivity contribution in [3.63, 3.8) is 0 Å². The number of aliphatic hydroxyl groups excluding tert-OH is 1. The second kappa shape index (κ2) is 9.70. The third-order valence-corrected chi connectivity index (χ3v) is 5.82. The van der Waals surface area contributed by atoms with E-state index in [9.17, 15) is 14.7 Å². The Morgan fingerprint density at radius 3 is 2.66 bits per heavy atom. The third-order valence-electron chi connectivity index (χ3n) is 5.82. The second-order valence-electron chi connectivity index (χ2n) is 8.09. The zero-order valence-electron chi connectivity index (χ0n) is 17.1. The number of rotatable bonds is 7. The molecule has 0 radical (unpaired) electrons. The molecule has 0 bridgehead atoms. The molecule has 1 fully saturated rings. The maximum Gasteiger partial charge on any atom is 0.321 e. The molecule has 0 spiro atoms. The van der Waals surface area contributed by atoms with E-state index < -0.39 is 0 Å². The number of aryl methyl sites for hydroxylation is 1. The van der Waals surface area contributed by atoms with E-state index in [1.54, 1.807) is 29.2 Å². The molecule has 29 heavy (non-hydrogen) atoms. The van der Waals surface area contributed by atoms with Crippen LogP contribution in [-0.2, 0) is 6.42 Å². The lowest BCUT2D eigenvalue weighted by Gasteiger charge is -2.42. The first kappa shape index (κ1) is 21.1. The lowest BCUT2D eigenvalue weighted by Crippen LogP contribution is -2.49. The summed E-state index contributed by atoms with van der Waals surface area (Å²) in [5.41, 5.74) is 2.25. The number of nitrogens with one attached hydrogen (secondary N) is 1. The molecule has 2 N–H and O–H groups in total. The normalized spacial score (nSPS) is 19.0. The number of piperidine rings is 1. The largest absolute Gasteiger partial charge is 0.396 e. The van der Waals surface area contributed by atoms with Crippen LogP contribution >= 0.6 is 0 Å². The maximum atomic E-state index is 12.8. The van der Waals surface area contributed by atoms with E-state index in [2.05, 4.69) is 17.4 Å². The van der Waals surface area contributed by atoms with Crippen molar-refractivity contribution in [2.45, 2.75) is 39.0 Å². The molecule has 0 unspecified atom stereocenters. The molecule has 154 valence electrons. The summed E-state index contributed by atoms with van der Waals surface area (Å²) in [6.45, 7) is 2.83. The third kappa shape index (κ3) is 5.67. The van der Waals surface area contributed by atoms with Crippen LogP contribution in [0.4, 0.5) is 10.5 Å². The molecule has 2 aromatic rings. The van der Waals surface area contributed by atoms with E-state index in [0.29, 0.717) is 24.3 Å². The molecule has 0 aliphatic carbocycles. The number of nitrogens with zero attached hydrogens (tertiary/aromatic N) is 1. The van der Waals surface area contributed by atoms with Crippen LogP contribution < -0.4 is 5.32 Å². The lowest BCUT2D eigenvalue weighted by molar-refractivity contribution is 0.0413. The smallest absolute Gasteiger partial charge is 0.321 e. The first-order chi connectivity index (χ1) is 14.0. The van der Waals surface area contributed by atoms with Gasteiger partial charge in [-0.3, -0.25) is 4.79 Å². The van der Waals surface area contributed by atoms with Crippen molar-refractivity contribution in [1.82, 2.24) is 4.90 Å². The van der Waals surface area contributed by atoms with Crippen LogP contribution in [0.5, 0.6) is 0 Å². The number of hydrogen-bond donors (Lipinski definition) is 2. The zero-order chi connectivity index (χ0) is 20.7. The molecule has 5 nitrogen and oxygen atoms in total. The molecule has 5 heteroatoms. The molecule has 3 rings (SSSR count).